The second kappa shape index (κ2) is 5.43. The molecule has 0 aromatic carbocycles. The lowest BCUT2D eigenvalue weighted by atomic mass is 9.95. The van der Waals surface area contributed by atoms with Gasteiger partial charge >= 0.3 is 0 Å². The minimum Gasteiger partial charge on any atom is -0.299 e. The van der Waals surface area contributed by atoms with Crippen LogP contribution in [-0.4, -0.2) is 23.3 Å². The van der Waals surface area contributed by atoms with Gasteiger partial charge in [0.05, 0.1) is 0 Å². The largest absolute Gasteiger partial charge is 0.299 e. The second-order valence-corrected chi connectivity index (χ2v) is 7.29. The zero-order valence-electron chi connectivity index (χ0n) is 10.4. The Morgan fingerprint density at radius 2 is 2.28 bits per heavy atom. The van der Waals surface area contributed by atoms with Crippen molar-refractivity contribution in [2.24, 2.45) is 5.92 Å². The van der Waals surface area contributed by atoms with Crippen molar-refractivity contribution < 1.29 is 4.79 Å². The number of carbonyl (C=O) groups is 1. The van der Waals surface area contributed by atoms with Crippen LogP contribution in [0.4, 0.5) is 0 Å². The molecule has 2 unspecified atom stereocenters. The highest BCUT2D eigenvalue weighted by molar-refractivity contribution is 9.10. The predicted octanol–water partition coefficient (Wildman–Crippen LogP) is 3.84. The molecule has 3 rings (SSSR count). The summed E-state index contributed by atoms with van der Waals surface area (Å²) in [4.78, 5) is 15.9. The van der Waals surface area contributed by atoms with Gasteiger partial charge < -0.3 is 0 Å². The van der Waals surface area contributed by atoms with Crippen LogP contribution in [0.1, 0.15) is 37.0 Å². The van der Waals surface area contributed by atoms with Crippen molar-refractivity contribution in [1.29, 1.82) is 0 Å². The highest BCUT2D eigenvalue weighted by Crippen LogP contribution is 2.34. The lowest BCUT2D eigenvalue weighted by molar-refractivity contribution is -0.122. The van der Waals surface area contributed by atoms with Crippen LogP contribution in [0.5, 0.6) is 0 Å². The van der Waals surface area contributed by atoms with E-state index in [1.165, 1.54) is 22.2 Å². The Kier molecular flexibility index (Phi) is 3.87. The summed E-state index contributed by atoms with van der Waals surface area (Å²) in [6.07, 6.45) is 5.51. The summed E-state index contributed by atoms with van der Waals surface area (Å²) < 4.78 is 1.18. The average Bonchev–Trinajstić information content (AvgIpc) is 3.02. The van der Waals surface area contributed by atoms with Crippen molar-refractivity contribution in [3.05, 3.63) is 20.8 Å². The van der Waals surface area contributed by atoms with Gasteiger partial charge in [-0.05, 0) is 54.2 Å². The topological polar surface area (TPSA) is 20.3 Å². The molecule has 2 fully saturated rings. The minimum atomic E-state index is 0.330. The average molecular weight is 328 g/mol. The molecule has 2 aliphatic rings. The number of ketones is 1. The standard InChI is InChI=1S/C14H18BrNOS/c15-10-7-11(18-9-10)8-16-6-2-4-13(16)12-3-1-5-14(12)17/h7,9,12-13H,1-6,8H2. The highest BCUT2D eigenvalue weighted by Gasteiger charge is 2.37. The van der Waals surface area contributed by atoms with Crippen LogP contribution in [0, 0.1) is 5.92 Å². The molecule has 1 saturated carbocycles. The molecule has 1 aromatic rings. The van der Waals surface area contributed by atoms with E-state index in [0.29, 0.717) is 17.7 Å². The number of carbonyl (C=O) groups excluding carboxylic acids is 1. The molecule has 98 valence electrons. The number of hydrogen-bond acceptors (Lipinski definition) is 3. The molecule has 0 N–H and O–H groups in total. The molecular weight excluding hydrogens is 310 g/mol. The Morgan fingerprint density at radius 3 is 2.94 bits per heavy atom. The van der Waals surface area contributed by atoms with Crippen molar-refractivity contribution in [3.63, 3.8) is 0 Å². The zero-order valence-corrected chi connectivity index (χ0v) is 12.8. The monoisotopic (exact) mass is 327 g/mol. The summed E-state index contributed by atoms with van der Waals surface area (Å²) in [6.45, 7) is 2.18. The van der Waals surface area contributed by atoms with Crippen LogP contribution >= 0.6 is 27.3 Å². The molecule has 1 aliphatic carbocycles. The number of rotatable bonds is 3. The summed E-state index contributed by atoms with van der Waals surface area (Å²) in [5, 5.41) is 2.14. The number of Topliss-reactive ketones (excluding diaryl/α,β-unsaturated/α-hetero) is 1. The maximum absolute atomic E-state index is 11.9. The molecule has 0 amide bonds. The summed E-state index contributed by atoms with van der Waals surface area (Å²) in [5.41, 5.74) is 0. The third kappa shape index (κ3) is 2.56. The first-order valence-corrected chi connectivity index (χ1v) is 8.41. The van der Waals surface area contributed by atoms with Crippen LogP contribution in [0.2, 0.25) is 0 Å². The molecule has 2 heterocycles. The molecule has 0 spiro atoms. The number of halogens is 1. The maximum atomic E-state index is 11.9. The van der Waals surface area contributed by atoms with E-state index >= 15 is 0 Å². The van der Waals surface area contributed by atoms with E-state index in [0.717, 1.165) is 32.4 Å². The van der Waals surface area contributed by atoms with E-state index in [4.69, 9.17) is 0 Å². The summed E-state index contributed by atoms with van der Waals surface area (Å²) >= 11 is 5.32. The van der Waals surface area contributed by atoms with Gasteiger partial charge in [-0.1, -0.05) is 0 Å². The molecule has 2 nitrogen and oxygen atoms in total. The zero-order chi connectivity index (χ0) is 12.5. The predicted molar refractivity (Wildman–Crippen MR) is 77.8 cm³/mol. The van der Waals surface area contributed by atoms with E-state index in [1.54, 1.807) is 0 Å². The molecule has 18 heavy (non-hydrogen) atoms. The molecule has 0 bridgehead atoms. The van der Waals surface area contributed by atoms with Gasteiger partial charge in [-0.2, -0.15) is 0 Å². The molecule has 4 heteroatoms. The highest BCUT2D eigenvalue weighted by atomic mass is 79.9. The van der Waals surface area contributed by atoms with Gasteiger partial charge in [0.15, 0.2) is 0 Å². The minimum absolute atomic E-state index is 0.330. The van der Waals surface area contributed by atoms with Gasteiger partial charge in [0, 0.05) is 39.7 Å². The summed E-state index contributed by atoms with van der Waals surface area (Å²) in [7, 11) is 0. The van der Waals surface area contributed by atoms with E-state index in [9.17, 15) is 4.79 Å². The van der Waals surface area contributed by atoms with Crippen LogP contribution in [0.15, 0.2) is 15.9 Å². The third-order valence-electron chi connectivity index (χ3n) is 4.21. The Morgan fingerprint density at radius 1 is 1.39 bits per heavy atom. The van der Waals surface area contributed by atoms with Crippen LogP contribution in [-0.2, 0) is 11.3 Å². The molecule has 1 aromatic heterocycles. The van der Waals surface area contributed by atoms with E-state index in [2.05, 4.69) is 32.3 Å². The number of nitrogens with zero attached hydrogens (tertiary/aromatic N) is 1. The summed E-state index contributed by atoms with van der Waals surface area (Å²) in [5.74, 6) is 0.843. The first-order chi connectivity index (χ1) is 8.74. The fourth-order valence-electron chi connectivity index (χ4n) is 3.39. The third-order valence-corrected chi connectivity index (χ3v) is 5.89. The maximum Gasteiger partial charge on any atom is 0.137 e. The molecule has 0 radical (unpaired) electrons. The number of likely N-dealkylation sites (tertiary alicyclic amines) is 1. The second-order valence-electron chi connectivity index (χ2n) is 5.38. The van der Waals surface area contributed by atoms with Gasteiger partial charge in [-0.15, -0.1) is 11.3 Å². The van der Waals surface area contributed by atoms with Gasteiger partial charge in [0.25, 0.3) is 0 Å². The number of hydrogen-bond donors (Lipinski definition) is 0. The lowest BCUT2D eigenvalue weighted by Crippen LogP contribution is -2.36. The van der Waals surface area contributed by atoms with Crippen molar-refractivity contribution in [2.75, 3.05) is 6.54 Å². The molecule has 1 aliphatic heterocycles. The fourth-order valence-corrected chi connectivity index (χ4v) is 4.87. The van der Waals surface area contributed by atoms with Crippen LogP contribution < -0.4 is 0 Å². The quantitative estimate of drug-likeness (QED) is 0.840. The van der Waals surface area contributed by atoms with Crippen LogP contribution in [0.25, 0.3) is 0 Å². The first-order valence-electron chi connectivity index (χ1n) is 6.74. The van der Waals surface area contributed by atoms with Crippen molar-refractivity contribution in [1.82, 2.24) is 4.90 Å². The Bertz CT molecular complexity index is 445. The van der Waals surface area contributed by atoms with Crippen LogP contribution in [0.3, 0.4) is 0 Å². The first kappa shape index (κ1) is 12.8. The van der Waals surface area contributed by atoms with Crippen molar-refractivity contribution in [2.45, 2.75) is 44.7 Å². The fraction of sp³-hybridized carbons (Fsp3) is 0.643. The van der Waals surface area contributed by atoms with Crippen molar-refractivity contribution in [3.8, 4) is 0 Å². The molecule has 2 atom stereocenters. The number of thiophene rings is 1. The van der Waals surface area contributed by atoms with Gasteiger partial charge in [-0.3, -0.25) is 9.69 Å². The SMILES string of the molecule is O=C1CCCC1C1CCCN1Cc1cc(Br)cs1. The lowest BCUT2D eigenvalue weighted by Gasteiger charge is -2.28. The Balaban J connectivity index is 1.69. The normalized spacial score (nSPS) is 29.3. The van der Waals surface area contributed by atoms with E-state index in [-0.39, 0.29) is 0 Å². The Hall–Kier alpha value is -0.190. The molecular formula is C14H18BrNOS. The Labute approximate surface area is 120 Å². The van der Waals surface area contributed by atoms with E-state index < -0.39 is 0 Å². The summed E-state index contributed by atoms with van der Waals surface area (Å²) in [6, 6.07) is 2.72. The molecule has 1 saturated heterocycles. The van der Waals surface area contributed by atoms with Gasteiger partial charge in [-0.25, -0.2) is 0 Å². The van der Waals surface area contributed by atoms with E-state index in [1.807, 2.05) is 11.3 Å². The van der Waals surface area contributed by atoms with Crippen molar-refractivity contribution >= 4 is 33.0 Å². The van der Waals surface area contributed by atoms with Gasteiger partial charge in [0.1, 0.15) is 5.78 Å². The van der Waals surface area contributed by atoms with Gasteiger partial charge in [0.2, 0.25) is 0 Å². The smallest absolute Gasteiger partial charge is 0.137 e.